The molecule has 0 aliphatic carbocycles. The summed E-state index contributed by atoms with van der Waals surface area (Å²) in [5, 5.41) is 3.58. The molecule has 124 valence electrons. The van der Waals surface area contributed by atoms with E-state index in [-0.39, 0.29) is 31.1 Å². The predicted octanol–water partition coefficient (Wildman–Crippen LogP) is 2.78. The van der Waals surface area contributed by atoms with E-state index in [2.05, 4.69) is 10.3 Å². The minimum Gasteiger partial charge on any atom is -0.463 e. The molecule has 6 nitrogen and oxygen atoms in total. The zero-order valence-electron chi connectivity index (χ0n) is 13.5. The SMILES string of the molecule is CC(C)OC(=O)CCNC(=O)N(C)Cc1nc2ccccc2s1. The highest BCUT2D eigenvalue weighted by Gasteiger charge is 2.13. The summed E-state index contributed by atoms with van der Waals surface area (Å²) in [7, 11) is 1.70. The van der Waals surface area contributed by atoms with Crippen LogP contribution in [0.25, 0.3) is 10.2 Å². The maximum Gasteiger partial charge on any atom is 0.317 e. The van der Waals surface area contributed by atoms with Gasteiger partial charge in [0.15, 0.2) is 0 Å². The number of hydrogen-bond acceptors (Lipinski definition) is 5. The summed E-state index contributed by atoms with van der Waals surface area (Å²) in [6.07, 6.45) is 0.0266. The number of benzene rings is 1. The molecule has 0 spiro atoms. The van der Waals surface area contributed by atoms with Crippen LogP contribution in [0.2, 0.25) is 0 Å². The van der Waals surface area contributed by atoms with E-state index in [4.69, 9.17) is 4.74 Å². The van der Waals surface area contributed by atoms with Crippen LogP contribution in [0.5, 0.6) is 0 Å². The molecule has 7 heteroatoms. The highest BCUT2D eigenvalue weighted by Crippen LogP contribution is 2.22. The van der Waals surface area contributed by atoms with Crippen molar-refractivity contribution in [3.8, 4) is 0 Å². The molecule has 1 N–H and O–H groups in total. The van der Waals surface area contributed by atoms with Crippen molar-refractivity contribution in [2.45, 2.75) is 32.9 Å². The molecule has 0 atom stereocenters. The Morgan fingerprint density at radius 3 is 2.78 bits per heavy atom. The van der Waals surface area contributed by atoms with Crippen molar-refractivity contribution < 1.29 is 14.3 Å². The molecule has 2 amide bonds. The molecule has 0 fully saturated rings. The number of thiazole rings is 1. The normalized spacial score (nSPS) is 10.8. The Morgan fingerprint density at radius 1 is 1.35 bits per heavy atom. The van der Waals surface area contributed by atoms with E-state index in [1.54, 1.807) is 37.1 Å². The number of esters is 1. The highest BCUT2D eigenvalue weighted by atomic mass is 32.1. The van der Waals surface area contributed by atoms with Gasteiger partial charge in [-0.05, 0) is 26.0 Å². The fourth-order valence-corrected chi connectivity index (χ4v) is 3.01. The Balaban J connectivity index is 1.79. The zero-order chi connectivity index (χ0) is 16.8. The van der Waals surface area contributed by atoms with Gasteiger partial charge in [0, 0.05) is 13.6 Å². The molecule has 0 aliphatic rings. The lowest BCUT2D eigenvalue weighted by Gasteiger charge is -2.16. The number of nitrogens with zero attached hydrogens (tertiary/aromatic N) is 2. The topological polar surface area (TPSA) is 71.5 Å². The van der Waals surface area contributed by atoms with Gasteiger partial charge in [-0.15, -0.1) is 11.3 Å². The lowest BCUT2D eigenvalue weighted by atomic mass is 10.3. The van der Waals surface area contributed by atoms with Crippen LogP contribution in [0, 0.1) is 0 Å². The van der Waals surface area contributed by atoms with Crippen molar-refractivity contribution in [1.82, 2.24) is 15.2 Å². The van der Waals surface area contributed by atoms with Gasteiger partial charge in [-0.2, -0.15) is 0 Å². The molecule has 0 saturated carbocycles. The summed E-state index contributed by atoms with van der Waals surface area (Å²) in [4.78, 5) is 29.5. The second kappa shape index (κ2) is 7.92. The lowest BCUT2D eigenvalue weighted by molar-refractivity contribution is -0.147. The Kier molecular flexibility index (Phi) is 5.92. The average Bonchev–Trinajstić information content (AvgIpc) is 2.88. The second-order valence-corrected chi connectivity index (χ2v) is 6.57. The minimum absolute atomic E-state index is 0.139. The Bertz CT molecular complexity index is 651. The first-order chi connectivity index (χ1) is 11.0. The van der Waals surface area contributed by atoms with E-state index in [0.29, 0.717) is 6.54 Å². The van der Waals surface area contributed by atoms with Gasteiger partial charge in [-0.25, -0.2) is 9.78 Å². The van der Waals surface area contributed by atoms with Crippen molar-refractivity contribution in [2.24, 2.45) is 0 Å². The van der Waals surface area contributed by atoms with Gasteiger partial charge >= 0.3 is 12.0 Å². The molecular weight excluding hydrogens is 314 g/mol. The number of ether oxygens (including phenoxy) is 1. The number of nitrogens with one attached hydrogen (secondary N) is 1. The molecule has 2 rings (SSSR count). The first-order valence-electron chi connectivity index (χ1n) is 7.48. The summed E-state index contributed by atoms with van der Waals surface area (Å²) in [5.74, 6) is -0.311. The number of hydrogen-bond donors (Lipinski definition) is 1. The van der Waals surface area contributed by atoms with Crippen LogP contribution in [0.3, 0.4) is 0 Å². The van der Waals surface area contributed by atoms with E-state index in [9.17, 15) is 9.59 Å². The number of fused-ring (bicyclic) bond motifs is 1. The molecular formula is C16H21N3O3S. The van der Waals surface area contributed by atoms with Gasteiger partial charge in [0.1, 0.15) is 5.01 Å². The van der Waals surface area contributed by atoms with Crippen LogP contribution in [-0.4, -0.2) is 41.6 Å². The fourth-order valence-electron chi connectivity index (χ4n) is 1.99. The van der Waals surface area contributed by atoms with Crippen LogP contribution in [0.4, 0.5) is 4.79 Å². The third-order valence-corrected chi connectivity index (χ3v) is 4.05. The van der Waals surface area contributed by atoms with Crippen molar-refractivity contribution in [2.75, 3.05) is 13.6 Å². The summed E-state index contributed by atoms with van der Waals surface area (Å²) < 4.78 is 6.11. The van der Waals surface area contributed by atoms with Crippen molar-refractivity contribution in [3.05, 3.63) is 29.3 Å². The Morgan fingerprint density at radius 2 is 2.09 bits per heavy atom. The largest absolute Gasteiger partial charge is 0.463 e. The Hall–Kier alpha value is -2.15. The zero-order valence-corrected chi connectivity index (χ0v) is 14.4. The van der Waals surface area contributed by atoms with Gasteiger partial charge in [0.05, 0.1) is 29.3 Å². The number of urea groups is 1. The standard InChI is InChI=1S/C16H21N3O3S/c1-11(2)22-15(20)8-9-17-16(21)19(3)10-14-18-12-6-4-5-7-13(12)23-14/h4-7,11H,8-10H2,1-3H3,(H,17,21). The van der Waals surface area contributed by atoms with E-state index in [0.717, 1.165) is 15.2 Å². The van der Waals surface area contributed by atoms with Gasteiger partial charge < -0.3 is 15.0 Å². The summed E-state index contributed by atoms with van der Waals surface area (Å²) in [6, 6.07) is 7.64. The van der Waals surface area contributed by atoms with Crippen LogP contribution >= 0.6 is 11.3 Å². The van der Waals surface area contributed by atoms with E-state index in [1.807, 2.05) is 24.3 Å². The molecule has 23 heavy (non-hydrogen) atoms. The Labute approximate surface area is 139 Å². The monoisotopic (exact) mass is 335 g/mol. The van der Waals surface area contributed by atoms with Gasteiger partial charge in [-0.3, -0.25) is 4.79 Å². The molecule has 1 aromatic heterocycles. The first-order valence-corrected chi connectivity index (χ1v) is 8.30. The fraction of sp³-hybridized carbons (Fsp3) is 0.438. The lowest BCUT2D eigenvalue weighted by Crippen LogP contribution is -2.38. The van der Waals surface area contributed by atoms with E-state index < -0.39 is 0 Å². The molecule has 0 radical (unpaired) electrons. The maximum atomic E-state index is 12.0. The molecule has 0 unspecified atom stereocenters. The van der Waals surface area contributed by atoms with Crippen molar-refractivity contribution in [1.29, 1.82) is 0 Å². The third-order valence-electron chi connectivity index (χ3n) is 3.03. The number of aromatic nitrogens is 1. The smallest absolute Gasteiger partial charge is 0.317 e. The van der Waals surface area contributed by atoms with E-state index in [1.165, 1.54) is 0 Å². The van der Waals surface area contributed by atoms with Crippen LogP contribution in [0.1, 0.15) is 25.3 Å². The second-order valence-electron chi connectivity index (χ2n) is 5.45. The molecule has 1 aromatic carbocycles. The third kappa shape index (κ3) is 5.21. The van der Waals surface area contributed by atoms with Gasteiger partial charge in [0.2, 0.25) is 0 Å². The molecule has 0 saturated heterocycles. The summed E-state index contributed by atoms with van der Waals surface area (Å²) in [5.41, 5.74) is 0.942. The highest BCUT2D eigenvalue weighted by molar-refractivity contribution is 7.18. The molecule has 0 bridgehead atoms. The van der Waals surface area contributed by atoms with Crippen molar-refractivity contribution in [3.63, 3.8) is 0 Å². The minimum atomic E-state index is -0.311. The first kappa shape index (κ1) is 17.2. The van der Waals surface area contributed by atoms with Crippen LogP contribution < -0.4 is 5.32 Å². The summed E-state index contributed by atoms with van der Waals surface area (Å²) >= 11 is 1.57. The number of carbonyl (C=O) groups is 2. The quantitative estimate of drug-likeness (QED) is 0.824. The molecule has 1 heterocycles. The molecule has 0 aliphatic heterocycles. The van der Waals surface area contributed by atoms with Crippen LogP contribution in [-0.2, 0) is 16.1 Å². The van der Waals surface area contributed by atoms with Crippen LogP contribution in [0.15, 0.2) is 24.3 Å². The number of carbonyl (C=O) groups excluding carboxylic acids is 2. The van der Waals surface area contributed by atoms with E-state index >= 15 is 0 Å². The van der Waals surface area contributed by atoms with Crippen molar-refractivity contribution >= 4 is 33.6 Å². The number of rotatable bonds is 6. The predicted molar refractivity (Wildman–Crippen MR) is 90.3 cm³/mol. The summed E-state index contributed by atoms with van der Waals surface area (Å²) in [6.45, 7) is 4.28. The molecule has 2 aromatic rings. The average molecular weight is 335 g/mol. The number of amides is 2. The van der Waals surface area contributed by atoms with Gasteiger partial charge in [0.25, 0.3) is 0 Å². The van der Waals surface area contributed by atoms with Gasteiger partial charge in [-0.1, -0.05) is 12.1 Å². The number of para-hydroxylation sites is 1. The maximum absolute atomic E-state index is 12.0.